The van der Waals surface area contributed by atoms with E-state index >= 15 is 0 Å². The number of thiazole rings is 1. The van der Waals surface area contributed by atoms with Gasteiger partial charge in [-0.15, -0.1) is 11.3 Å². The molecule has 2 heterocycles. The third-order valence-electron chi connectivity index (χ3n) is 3.57. The van der Waals surface area contributed by atoms with Gasteiger partial charge in [0, 0.05) is 35.3 Å². The van der Waals surface area contributed by atoms with Crippen molar-refractivity contribution >= 4 is 11.3 Å². The van der Waals surface area contributed by atoms with Crippen LogP contribution in [0, 0.1) is 20.8 Å². The summed E-state index contributed by atoms with van der Waals surface area (Å²) in [6.45, 7) is 10.6. The third kappa shape index (κ3) is 2.87. The zero-order valence-corrected chi connectivity index (χ0v) is 13.3. The van der Waals surface area contributed by atoms with Gasteiger partial charge in [-0.2, -0.15) is 5.10 Å². The van der Waals surface area contributed by atoms with Crippen molar-refractivity contribution in [2.75, 3.05) is 0 Å². The van der Waals surface area contributed by atoms with Crippen LogP contribution < -0.4 is 5.32 Å². The van der Waals surface area contributed by atoms with E-state index in [-0.39, 0.29) is 6.04 Å². The molecule has 0 radical (unpaired) electrons. The van der Waals surface area contributed by atoms with E-state index in [2.05, 4.69) is 50.0 Å². The van der Waals surface area contributed by atoms with Crippen LogP contribution >= 0.6 is 11.3 Å². The normalized spacial score (nSPS) is 14.6. The van der Waals surface area contributed by atoms with Gasteiger partial charge in [0.2, 0.25) is 0 Å². The van der Waals surface area contributed by atoms with Gasteiger partial charge in [-0.25, -0.2) is 4.98 Å². The second-order valence-electron chi connectivity index (χ2n) is 5.10. The zero-order valence-electron chi connectivity index (χ0n) is 12.5. The molecule has 2 unspecified atom stereocenters. The van der Waals surface area contributed by atoms with Crippen molar-refractivity contribution < 1.29 is 0 Å². The second kappa shape index (κ2) is 5.43. The fourth-order valence-corrected chi connectivity index (χ4v) is 3.37. The molecule has 0 saturated heterocycles. The lowest BCUT2D eigenvalue weighted by molar-refractivity contribution is 0.496. The first-order valence-electron chi connectivity index (χ1n) is 6.58. The maximum Gasteiger partial charge on any atom is 0.0900 e. The van der Waals surface area contributed by atoms with E-state index in [0.717, 1.165) is 10.7 Å². The Morgan fingerprint density at radius 2 is 1.89 bits per heavy atom. The molecule has 4 nitrogen and oxygen atoms in total. The Balaban J connectivity index is 2.13. The first kappa shape index (κ1) is 14.2. The molecule has 0 aliphatic rings. The lowest BCUT2D eigenvalue weighted by atomic mass is 10.1. The van der Waals surface area contributed by atoms with Crippen LogP contribution in [0.25, 0.3) is 0 Å². The molecular formula is C14H22N4S. The lowest BCUT2D eigenvalue weighted by Gasteiger charge is -2.19. The summed E-state index contributed by atoms with van der Waals surface area (Å²) in [4.78, 5) is 5.82. The fourth-order valence-electron chi connectivity index (χ4n) is 2.43. The molecule has 2 rings (SSSR count). The minimum absolute atomic E-state index is 0.283. The van der Waals surface area contributed by atoms with E-state index in [1.165, 1.54) is 16.1 Å². The molecule has 104 valence electrons. The highest BCUT2D eigenvalue weighted by Crippen LogP contribution is 2.27. The Morgan fingerprint density at radius 3 is 2.37 bits per heavy atom. The maximum atomic E-state index is 4.50. The smallest absolute Gasteiger partial charge is 0.0900 e. The summed E-state index contributed by atoms with van der Waals surface area (Å²) in [5.74, 6) is 0. The van der Waals surface area contributed by atoms with E-state index in [1.807, 2.05) is 17.9 Å². The van der Waals surface area contributed by atoms with Crippen molar-refractivity contribution in [3.8, 4) is 0 Å². The monoisotopic (exact) mass is 278 g/mol. The van der Waals surface area contributed by atoms with Gasteiger partial charge in [-0.1, -0.05) is 0 Å². The summed E-state index contributed by atoms with van der Waals surface area (Å²) in [5, 5.41) is 9.07. The lowest BCUT2D eigenvalue weighted by Crippen LogP contribution is -2.22. The van der Waals surface area contributed by atoms with E-state index in [9.17, 15) is 0 Å². The third-order valence-corrected chi connectivity index (χ3v) is 4.83. The summed E-state index contributed by atoms with van der Waals surface area (Å²) < 4.78 is 1.92. The Bertz CT molecular complexity index is 564. The molecule has 2 aromatic rings. The molecule has 0 aliphatic carbocycles. The van der Waals surface area contributed by atoms with Crippen LogP contribution in [0.2, 0.25) is 0 Å². The van der Waals surface area contributed by atoms with Gasteiger partial charge in [0.05, 0.1) is 16.9 Å². The molecule has 0 saturated carbocycles. The van der Waals surface area contributed by atoms with Crippen molar-refractivity contribution in [2.45, 2.75) is 46.7 Å². The molecule has 5 heteroatoms. The first-order valence-corrected chi connectivity index (χ1v) is 7.40. The van der Waals surface area contributed by atoms with Gasteiger partial charge < -0.3 is 5.32 Å². The minimum Gasteiger partial charge on any atom is -0.303 e. The van der Waals surface area contributed by atoms with E-state index in [1.54, 1.807) is 11.3 Å². The molecule has 0 spiro atoms. The molecule has 0 aliphatic heterocycles. The SMILES string of the molecule is Cc1nc(C)c(C(C)NC(C)c2cnn(C)c2C)s1. The predicted molar refractivity (Wildman–Crippen MR) is 79.5 cm³/mol. The Kier molecular flexibility index (Phi) is 4.06. The Hall–Kier alpha value is -1.20. The average molecular weight is 278 g/mol. The van der Waals surface area contributed by atoms with E-state index in [0.29, 0.717) is 6.04 Å². The van der Waals surface area contributed by atoms with Gasteiger partial charge in [-0.3, -0.25) is 4.68 Å². The molecule has 1 N–H and O–H groups in total. The molecule has 2 aromatic heterocycles. The molecule has 2 atom stereocenters. The molecule has 0 bridgehead atoms. The predicted octanol–water partition coefficient (Wildman–Crippen LogP) is 3.21. The molecular weight excluding hydrogens is 256 g/mol. The number of hydrogen-bond donors (Lipinski definition) is 1. The van der Waals surface area contributed by atoms with Gasteiger partial charge in [0.15, 0.2) is 0 Å². The number of hydrogen-bond acceptors (Lipinski definition) is 4. The summed E-state index contributed by atoms with van der Waals surface area (Å²) in [7, 11) is 1.98. The van der Waals surface area contributed by atoms with Crippen LogP contribution in [0.3, 0.4) is 0 Å². The standard InChI is InChI=1S/C14H22N4S/c1-8(13-7-15-18(6)11(13)4)16-9(2)14-10(3)17-12(5)19-14/h7-9,16H,1-6H3. The van der Waals surface area contributed by atoms with Crippen molar-refractivity contribution in [2.24, 2.45) is 7.05 Å². The first-order chi connectivity index (χ1) is 8.90. The highest BCUT2D eigenvalue weighted by atomic mass is 32.1. The Labute approximate surface area is 118 Å². The van der Waals surface area contributed by atoms with Gasteiger partial charge in [0.1, 0.15) is 0 Å². The van der Waals surface area contributed by atoms with E-state index in [4.69, 9.17) is 0 Å². The number of rotatable bonds is 4. The highest BCUT2D eigenvalue weighted by molar-refractivity contribution is 7.11. The molecule has 0 fully saturated rings. The molecule has 19 heavy (non-hydrogen) atoms. The van der Waals surface area contributed by atoms with E-state index < -0.39 is 0 Å². The summed E-state index contributed by atoms with van der Waals surface area (Å²) in [6, 6.07) is 0.589. The van der Waals surface area contributed by atoms with Crippen molar-refractivity contribution in [1.82, 2.24) is 20.1 Å². The zero-order chi connectivity index (χ0) is 14.2. The highest BCUT2D eigenvalue weighted by Gasteiger charge is 2.18. The van der Waals surface area contributed by atoms with Crippen LogP contribution in [0.15, 0.2) is 6.20 Å². The van der Waals surface area contributed by atoms with Crippen molar-refractivity contribution in [3.05, 3.63) is 33.0 Å². The van der Waals surface area contributed by atoms with Gasteiger partial charge >= 0.3 is 0 Å². The average Bonchev–Trinajstić information content (AvgIpc) is 2.83. The quantitative estimate of drug-likeness (QED) is 0.934. The van der Waals surface area contributed by atoms with Crippen LogP contribution in [0.1, 0.15) is 52.8 Å². The van der Waals surface area contributed by atoms with Crippen LogP contribution in [0.4, 0.5) is 0 Å². The fraction of sp³-hybridized carbons (Fsp3) is 0.571. The molecule has 0 aromatic carbocycles. The second-order valence-corrected chi connectivity index (χ2v) is 6.34. The minimum atomic E-state index is 0.283. The molecule has 0 amide bonds. The summed E-state index contributed by atoms with van der Waals surface area (Å²) >= 11 is 1.77. The van der Waals surface area contributed by atoms with Crippen molar-refractivity contribution in [1.29, 1.82) is 0 Å². The van der Waals surface area contributed by atoms with Gasteiger partial charge in [-0.05, 0) is 34.6 Å². The van der Waals surface area contributed by atoms with Crippen LogP contribution in [-0.2, 0) is 7.05 Å². The van der Waals surface area contributed by atoms with Gasteiger partial charge in [0.25, 0.3) is 0 Å². The number of nitrogens with zero attached hydrogens (tertiary/aromatic N) is 3. The van der Waals surface area contributed by atoms with Crippen LogP contribution in [-0.4, -0.2) is 14.8 Å². The summed E-state index contributed by atoms with van der Waals surface area (Å²) in [6.07, 6.45) is 1.95. The maximum absolute atomic E-state index is 4.50. The number of aryl methyl sites for hydroxylation is 3. The summed E-state index contributed by atoms with van der Waals surface area (Å²) in [5.41, 5.74) is 3.61. The number of nitrogens with one attached hydrogen (secondary N) is 1. The largest absolute Gasteiger partial charge is 0.303 e. The number of aromatic nitrogens is 3. The Morgan fingerprint density at radius 1 is 1.21 bits per heavy atom. The van der Waals surface area contributed by atoms with Crippen LogP contribution in [0.5, 0.6) is 0 Å². The topological polar surface area (TPSA) is 42.7 Å². The van der Waals surface area contributed by atoms with Crippen molar-refractivity contribution in [3.63, 3.8) is 0 Å².